The van der Waals surface area contributed by atoms with Gasteiger partial charge in [-0.2, -0.15) is 17.5 Å². The predicted molar refractivity (Wildman–Crippen MR) is 147 cm³/mol. The van der Waals surface area contributed by atoms with Crippen LogP contribution < -0.4 is 4.74 Å². The highest BCUT2D eigenvalue weighted by molar-refractivity contribution is 7.89. The molecule has 226 valence electrons. The average Bonchev–Trinajstić information content (AvgIpc) is 3.52. The summed E-state index contributed by atoms with van der Waals surface area (Å²) in [4.78, 5) is 16.3. The minimum absolute atomic E-state index is 0.00472. The van der Waals surface area contributed by atoms with Gasteiger partial charge in [0.15, 0.2) is 5.65 Å². The maximum absolute atomic E-state index is 13.8. The molecule has 43 heavy (non-hydrogen) atoms. The lowest BCUT2D eigenvalue weighted by Crippen LogP contribution is -2.38. The van der Waals surface area contributed by atoms with Gasteiger partial charge in [-0.05, 0) is 79.6 Å². The van der Waals surface area contributed by atoms with Crippen molar-refractivity contribution in [3.05, 3.63) is 81.9 Å². The SMILES string of the molecule is Cc1ccc2c(n1)OC1(CC1)CN(Cc1cc([C@H](CC(=O)O)c3ccn4c(C(F)(F)F)nnc4c3C)ccc1C)S2(=O)=O. The topological polar surface area (TPSA) is 127 Å². The van der Waals surface area contributed by atoms with E-state index in [1.54, 1.807) is 38.1 Å². The van der Waals surface area contributed by atoms with Gasteiger partial charge in [-0.1, -0.05) is 18.2 Å². The molecule has 0 amide bonds. The molecule has 3 aromatic heterocycles. The van der Waals surface area contributed by atoms with Crippen molar-refractivity contribution in [2.75, 3.05) is 6.54 Å². The number of aromatic nitrogens is 4. The van der Waals surface area contributed by atoms with Crippen LogP contribution in [0.15, 0.2) is 47.5 Å². The summed E-state index contributed by atoms with van der Waals surface area (Å²) >= 11 is 0. The zero-order valence-corrected chi connectivity index (χ0v) is 24.3. The van der Waals surface area contributed by atoms with Gasteiger partial charge in [0, 0.05) is 24.4 Å². The summed E-state index contributed by atoms with van der Waals surface area (Å²) in [5.41, 5.74) is 2.83. The van der Waals surface area contributed by atoms with Crippen molar-refractivity contribution in [3.8, 4) is 5.88 Å². The molecule has 0 radical (unpaired) electrons. The molecule has 2 aliphatic rings. The van der Waals surface area contributed by atoms with Gasteiger partial charge in [-0.3, -0.25) is 9.20 Å². The minimum atomic E-state index is -4.72. The Morgan fingerprint density at radius 2 is 1.86 bits per heavy atom. The van der Waals surface area contributed by atoms with Crippen LogP contribution >= 0.6 is 0 Å². The van der Waals surface area contributed by atoms with E-state index >= 15 is 0 Å². The molecule has 6 rings (SSSR count). The molecule has 1 saturated carbocycles. The number of carboxylic acids is 1. The molecule has 1 fully saturated rings. The minimum Gasteiger partial charge on any atom is -0.481 e. The number of carboxylic acid groups (broad SMARTS) is 1. The molecule has 0 bridgehead atoms. The van der Waals surface area contributed by atoms with Crippen molar-refractivity contribution >= 4 is 21.6 Å². The second kappa shape index (κ2) is 10.0. The molecule has 10 nitrogen and oxygen atoms in total. The molecule has 1 spiro atoms. The molecular formula is C29H28F3N5O5S. The van der Waals surface area contributed by atoms with E-state index < -0.39 is 39.5 Å². The summed E-state index contributed by atoms with van der Waals surface area (Å²) < 4.78 is 76.3. The highest BCUT2D eigenvalue weighted by atomic mass is 32.2. The van der Waals surface area contributed by atoms with Crippen molar-refractivity contribution < 1.29 is 36.2 Å². The number of ether oxygens (including phenoxy) is 1. The Morgan fingerprint density at radius 1 is 1.12 bits per heavy atom. The van der Waals surface area contributed by atoms with Crippen LogP contribution in [0.3, 0.4) is 0 Å². The summed E-state index contributed by atoms with van der Waals surface area (Å²) in [6.07, 6.45) is -2.50. The van der Waals surface area contributed by atoms with E-state index in [1.165, 1.54) is 22.6 Å². The van der Waals surface area contributed by atoms with Gasteiger partial charge in [0.05, 0.1) is 13.0 Å². The molecule has 14 heteroatoms. The monoisotopic (exact) mass is 615 g/mol. The van der Waals surface area contributed by atoms with E-state index in [2.05, 4.69) is 15.2 Å². The van der Waals surface area contributed by atoms with Gasteiger partial charge in [0.1, 0.15) is 10.5 Å². The normalized spacial score (nSPS) is 18.2. The van der Waals surface area contributed by atoms with Gasteiger partial charge in [-0.15, -0.1) is 10.2 Å². The van der Waals surface area contributed by atoms with Gasteiger partial charge in [0.2, 0.25) is 21.7 Å². The number of benzene rings is 1. The van der Waals surface area contributed by atoms with Crippen LogP contribution in [0.2, 0.25) is 0 Å². The first-order valence-corrected chi connectivity index (χ1v) is 15.0. The van der Waals surface area contributed by atoms with Gasteiger partial charge < -0.3 is 9.84 Å². The van der Waals surface area contributed by atoms with Gasteiger partial charge in [0.25, 0.3) is 0 Å². The molecule has 1 atom stereocenters. The molecule has 0 saturated heterocycles. The van der Waals surface area contributed by atoms with E-state index in [0.717, 1.165) is 9.96 Å². The number of hydrogen-bond acceptors (Lipinski definition) is 7. The Hall–Kier alpha value is -4.04. The third kappa shape index (κ3) is 5.22. The van der Waals surface area contributed by atoms with Crippen molar-refractivity contribution in [2.24, 2.45) is 0 Å². The van der Waals surface area contributed by atoms with Crippen LogP contribution in [0.1, 0.15) is 64.5 Å². The van der Waals surface area contributed by atoms with E-state index in [4.69, 9.17) is 4.74 Å². The number of alkyl halides is 3. The Balaban J connectivity index is 1.40. The van der Waals surface area contributed by atoms with E-state index in [-0.39, 0.29) is 35.9 Å². The third-order valence-corrected chi connectivity index (χ3v) is 9.97. The number of aliphatic carboxylic acids is 1. The molecule has 4 aromatic rings. The Morgan fingerprint density at radius 3 is 2.53 bits per heavy atom. The summed E-state index contributed by atoms with van der Waals surface area (Å²) in [6.45, 7) is 5.33. The van der Waals surface area contributed by atoms with Crippen LogP contribution in [-0.2, 0) is 27.5 Å². The number of hydrogen-bond donors (Lipinski definition) is 1. The van der Waals surface area contributed by atoms with E-state index in [0.29, 0.717) is 40.8 Å². The van der Waals surface area contributed by atoms with Crippen LogP contribution in [-0.4, -0.2) is 55.5 Å². The molecule has 1 N–H and O–H groups in total. The van der Waals surface area contributed by atoms with Gasteiger partial charge >= 0.3 is 12.1 Å². The molecule has 1 aliphatic carbocycles. The number of rotatable bonds is 6. The number of halogens is 3. The lowest BCUT2D eigenvalue weighted by molar-refractivity contribution is -0.145. The first-order valence-electron chi connectivity index (χ1n) is 13.6. The first kappa shape index (κ1) is 29.1. The number of nitrogens with zero attached hydrogens (tertiary/aromatic N) is 5. The molecular weight excluding hydrogens is 587 g/mol. The van der Waals surface area contributed by atoms with Crippen LogP contribution in [0.5, 0.6) is 5.88 Å². The molecule has 4 heterocycles. The number of aryl methyl sites for hydroxylation is 3. The number of fused-ring (bicyclic) bond motifs is 2. The molecule has 1 aromatic carbocycles. The van der Waals surface area contributed by atoms with Crippen molar-refractivity contribution in [2.45, 2.75) is 69.2 Å². The fourth-order valence-electron chi connectivity index (χ4n) is 5.63. The highest BCUT2D eigenvalue weighted by Gasteiger charge is 2.52. The average molecular weight is 616 g/mol. The Labute approximate surface area is 245 Å². The summed E-state index contributed by atoms with van der Waals surface area (Å²) in [5, 5.41) is 16.8. The highest BCUT2D eigenvalue weighted by Crippen LogP contribution is 2.46. The third-order valence-electron chi connectivity index (χ3n) is 8.17. The van der Waals surface area contributed by atoms with Crippen molar-refractivity contribution in [3.63, 3.8) is 0 Å². The predicted octanol–water partition coefficient (Wildman–Crippen LogP) is 4.79. The maximum atomic E-state index is 13.8. The summed E-state index contributed by atoms with van der Waals surface area (Å²) in [6, 6.07) is 9.89. The second-order valence-corrected chi connectivity index (χ2v) is 13.2. The fraction of sp³-hybridized carbons (Fsp3) is 0.379. The van der Waals surface area contributed by atoms with Crippen molar-refractivity contribution in [1.29, 1.82) is 0 Å². The lowest BCUT2D eigenvalue weighted by Gasteiger charge is -2.25. The number of sulfonamides is 1. The first-order chi connectivity index (χ1) is 20.2. The Kier molecular flexibility index (Phi) is 6.77. The largest absolute Gasteiger partial charge is 0.481 e. The van der Waals surface area contributed by atoms with Gasteiger partial charge in [-0.25, -0.2) is 13.4 Å². The smallest absolute Gasteiger partial charge is 0.452 e. The Bertz CT molecular complexity index is 1890. The quantitative estimate of drug-likeness (QED) is 0.328. The zero-order valence-electron chi connectivity index (χ0n) is 23.5. The van der Waals surface area contributed by atoms with Crippen LogP contribution in [0, 0.1) is 20.8 Å². The number of carbonyl (C=O) groups is 1. The number of pyridine rings is 2. The zero-order chi connectivity index (χ0) is 30.9. The van der Waals surface area contributed by atoms with Crippen molar-refractivity contribution in [1.82, 2.24) is 23.9 Å². The van der Waals surface area contributed by atoms with Crippen LogP contribution in [0.4, 0.5) is 13.2 Å². The second-order valence-electron chi connectivity index (χ2n) is 11.3. The standard InChI is InChI=1S/C29H28F3N5O5S/c1-16-4-6-19(22(13-24(38)39)21-8-11-37-25(18(21)3)34-35-27(37)29(30,31)32)12-20(16)14-36-15-28(9-10-28)42-26-23(43(36,40)41)7-5-17(2)33-26/h4-8,11-12,22H,9-10,13-15H2,1-3H3,(H,38,39)/t22-/m0/s1. The summed E-state index contributed by atoms with van der Waals surface area (Å²) in [7, 11) is -3.99. The summed E-state index contributed by atoms with van der Waals surface area (Å²) in [5.74, 6) is -2.93. The van der Waals surface area contributed by atoms with E-state index in [1.807, 2.05) is 6.92 Å². The molecule has 1 aliphatic heterocycles. The fourth-order valence-corrected chi connectivity index (χ4v) is 7.17. The molecule has 0 unspecified atom stereocenters. The van der Waals surface area contributed by atoms with Crippen LogP contribution in [0.25, 0.3) is 5.65 Å². The maximum Gasteiger partial charge on any atom is 0.452 e. The van der Waals surface area contributed by atoms with E-state index in [9.17, 15) is 31.5 Å². The lowest BCUT2D eigenvalue weighted by atomic mass is 9.85.